The quantitative estimate of drug-likeness (QED) is 0.822. The van der Waals surface area contributed by atoms with Crippen molar-refractivity contribution in [2.75, 3.05) is 42.6 Å². The zero-order valence-electron chi connectivity index (χ0n) is 13.8. The van der Waals surface area contributed by atoms with E-state index in [1.807, 2.05) is 4.90 Å². The molecule has 0 aromatic carbocycles. The van der Waals surface area contributed by atoms with Gasteiger partial charge in [0.2, 0.25) is 5.95 Å². The Morgan fingerprint density at radius 1 is 1.16 bits per heavy atom. The number of fused-ring (bicyclic) bond motifs is 1. The molecule has 3 aliphatic rings. The average molecular weight is 358 g/mol. The second-order valence-corrected chi connectivity index (χ2v) is 6.95. The van der Waals surface area contributed by atoms with E-state index in [0.717, 1.165) is 12.8 Å². The molecule has 0 amide bonds. The lowest BCUT2D eigenvalue weighted by Crippen LogP contribution is -2.53. The van der Waals surface area contributed by atoms with Gasteiger partial charge in [-0.15, -0.1) is 0 Å². The first-order valence-corrected chi connectivity index (χ1v) is 8.71. The van der Waals surface area contributed by atoms with Crippen LogP contribution in [0.2, 0.25) is 0 Å². The number of halogens is 3. The minimum absolute atomic E-state index is 0.0515. The van der Waals surface area contributed by atoms with Crippen LogP contribution >= 0.6 is 0 Å². The minimum atomic E-state index is -4.33. The molecule has 1 aromatic heterocycles. The molecule has 1 saturated heterocycles. The molecular formula is C16H21F3N4O2. The van der Waals surface area contributed by atoms with Gasteiger partial charge in [0.1, 0.15) is 11.9 Å². The second kappa shape index (κ2) is 6.19. The molecule has 1 saturated carbocycles. The Hall–Kier alpha value is -1.77. The molecule has 1 aromatic rings. The number of nitrogens with zero attached hydrogens (tertiary/aromatic N) is 4. The maximum atomic E-state index is 13.5. The first kappa shape index (κ1) is 16.7. The van der Waals surface area contributed by atoms with Crippen LogP contribution < -0.4 is 15.4 Å². The summed E-state index contributed by atoms with van der Waals surface area (Å²) < 4.78 is 47.3. The van der Waals surface area contributed by atoms with Gasteiger partial charge >= 0.3 is 6.18 Å². The molecule has 0 radical (unpaired) electrons. The number of aromatic nitrogens is 2. The topological polar surface area (TPSA) is 50.6 Å². The molecule has 2 fully saturated rings. The van der Waals surface area contributed by atoms with Crippen LogP contribution in [0.3, 0.4) is 0 Å². The Labute approximate surface area is 143 Å². The average Bonchev–Trinajstić information content (AvgIpc) is 3.39. The summed E-state index contributed by atoms with van der Waals surface area (Å²) in [6.07, 6.45) is -2.56. The third-order valence-corrected chi connectivity index (χ3v) is 5.10. The van der Waals surface area contributed by atoms with Crippen molar-refractivity contribution in [1.29, 1.82) is 0 Å². The lowest BCUT2D eigenvalue weighted by atomic mass is 10.1. The summed E-state index contributed by atoms with van der Waals surface area (Å²) >= 11 is 0. The highest BCUT2D eigenvalue weighted by Gasteiger charge is 2.48. The second-order valence-electron chi connectivity index (χ2n) is 6.95. The first-order chi connectivity index (χ1) is 11.9. The van der Waals surface area contributed by atoms with Crippen molar-refractivity contribution in [3.63, 3.8) is 0 Å². The standard InChI is InChI=1S/C16H21F3N4O2/c17-16(18,19)12-3-4-22-14(24)9-13(21-5-7-25-8-6-21)20-15(22)23(12)10-11-1-2-11/h9,11-12H,1-8,10H2. The van der Waals surface area contributed by atoms with Crippen LogP contribution in [0.15, 0.2) is 10.9 Å². The van der Waals surface area contributed by atoms with Crippen molar-refractivity contribution in [3.8, 4) is 0 Å². The number of alkyl halides is 3. The van der Waals surface area contributed by atoms with Gasteiger partial charge in [0.15, 0.2) is 0 Å². The Morgan fingerprint density at radius 2 is 1.88 bits per heavy atom. The summed E-state index contributed by atoms with van der Waals surface area (Å²) in [7, 11) is 0. The molecule has 0 spiro atoms. The van der Waals surface area contributed by atoms with Gasteiger partial charge in [0, 0.05) is 32.2 Å². The lowest BCUT2D eigenvalue weighted by molar-refractivity contribution is -0.152. The number of ether oxygens (including phenoxy) is 1. The van der Waals surface area contributed by atoms with E-state index in [9.17, 15) is 18.0 Å². The predicted molar refractivity (Wildman–Crippen MR) is 86.1 cm³/mol. The van der Waals surface area contributed by atoms with Crippen molar-refractivity contribution in [1.82, 2.24) is 9.55 Å². The van der Waals surface area contributed by atoms with Gasteiger partial charge < -0.3 is 14.5 Å². The van der Waals surface area contributed by atoms with E-state index in [-0.39, 0.29) is 30.4 Å². The first-order valence-electron chi connectivity index (χ1n) is 8.71. The molecular weight excluding hydrogens is 337 g/mol. The van der Waals surface area contributed by atoms with Gasteiger partial charge in [-0.25, -0.2) is 0 Å². The summed E-state index contributed by atoms with van der Waals surface area (Å²) in [4.78, 5) is 20.2. The molecule has 0 N–H and O–H groups in total. The van der Waals surface area contributed by atoms with E-state index >= 15 is 0 Å². The van der Waals surface area contributed by atoms with Gasteiger partial charge in [-0.1, -0.05) is 0 Å². The molecule has 1 aliphatic carbocycles. The summed E-state index contributed by atoms with van der Waals surface area (Å²) in [6.45, 7) is 2.58. The highest BCUT2D eigenvalue weighted by Crippen LogP contribution is 2.38. The number of anilines is 2. The zero-order valence-corrected chi connectivity index (χ0v) is 13.8. The fourth-order valence-electron chi connectivity index (χ4n) is 3.54. The van der Waals surface area contributed by atoms with E-state index in [0.29, 0.717) is 38.7 Å². The molecule has 0 bridgehead atoms. The van der Waals surface area contributed by atoms with Gasteiger partial charge in [-0.05, 0) is 25.2 Å². The Bertz CT molecular complexity index is 696. The Balaban J connectivity index is 1.73. The van der Waals surface area contributed by atoms with Crippen molar-refractivity contribution in [2.24, 2.45) is 5.92 Å². The number of hydrogen-bond donors (Lipinski definition) is 0. The summed E-state index contributed by atoms with van der Waals surface area (Å²) in [6, 6.07) is -0.141. The normalized spacial score (nSPS) is 24.4. The van der Waals surface area contributed by atoms with E-state index in [4.69, 9.17) is 4.74 Å². The number of morpholine rings is 1. The molecule has 1 atom stereocenters. The molecule has 3 heterocycles. The van der Waals surface area contributed by atoms with Crippen LogP contribution in [0.1, 0.15) is 19.3 Å². The smallest absolute Gasteiger partial charge is 0.378 e. The van der Waals surface area contributed by atoms with Crippen molar-refractivity contribution >= 4 is 11.8 Å². The number of hydrogen-bond acceptors (Lipinski definition) is 5. The largest absolute Gasteiger partial charge is 0.408 e. The Kier molecular flexibility index (Phi) is 4.13. The van der Waals surface area contributed by atoms with Gasteiger partial charge in [-0.2, -0.15) is 18.2 Å². The predicted octanol–water partition coefficient (Wildman–Crippen LogP) is 1.63. The van der Waals surface area contributed by atoms with Gasteiger partial charge in [0.05, 0.1) is 13.2 Å². The fourth-order valence-corrected chi connectivity index (χ4v) is 3.54. The maximum Gasteiger partial charge on any atom is 0.408 e. The molecule has 138 valence electrons. The van der Waals surface area contributed by atoms with Crippen LogP contribution in [0, 0.1) is 5.92 Å². The van der Waals surface area contributed by atoms with Crippen LogP contribution in [0.5, 0.6) is 0 Å². The SMILES string of the molecule is O=c1cc(N2CCOCC2)nc2n1CCC(C(F)(F)F)N2CC1CC1. The van der Waals surface area contributed by atoms with Crippen molar-refractivity contribution in [2.45, 2.75) is 38.0 Å². The van der Waals surface area contributed by atoms with Crippen LogP contribution in [0.4, 0.5) is 24.9 Å². The van der Waals surface area contributed by atoms with Crippen LogP contribution in [-0.2, 0) is 11.3 Å². The summed E-state index contributed by atoms with van der Waals surface area (Å²) in [5.74, 6) is 0.873. The molecule has 6 nitrogen and oxygen atoms in total. The van der Waals surface area contributed by atoms with Gasteiger partial charge in [-0.3, -0.25) is 9.36 Å². The lowest BCUT2D eigenvalue weighted by Gasteiger charge is -2.39. The molecule has 2 aliphatic heterocycles. The molecule has 1 unspecified atom stereocenters. The maximum absolute atomic E-state index is 13.5. The third-order valence-electron chi connectivity index (χ3n) is 5.10. The zero-order chi connectivity index (χ0) is 17.6. The van der Waals surface area contributed by atoms with Crippen LogP contribution in [-0.4, -0.2) is 54.6 Å². The Morgan fingerprint density at radius 3 is 2.52 bits per heavy atom. The highest BCUT2D eigenvalue weighted by molar-refractivity contribution is 5.47. The van der Waals surface area contributed by atoms with Crippen molar-refractivity contribution < 1.29 is 17.9 Å². The fraction of sp³-hybridized carbons (Fsp3) is 0.750. The van der Waals surface area contributed by atoms with Gasteiger partial charge in [0.25, 0.3) is 5.56 Å². The molecule has 25 heavy (non-hydrogen) atoms. The van der Waals surface area contributed by atoms with E-state index in [2.05, 4.69) is 4.98 Å². The molecule has 9 heteroatoms. The monoisotopic (exact) mass is 358 g/mol. The summed E-state index contributed by atoms with van der Waals surface area (Å²) in [5, 5.41) is 0. The summed E-state index contributed by atoms with van der Waals surface area (Å²) in [5.41, 5.74) is -0.284. The number of rotatable bonds is 3. The van der Waals surface area contributed by atoms with Crippen molar-refractivity contribution in [3.05, 3.63) is 16.4 Å². The highest BCUT2D eigenvalue weighted by atomic mass is 19.4. The molecule has 4 rings (SSSR count). The third kappa shape index (κ3) is 3.33. The van der Waals surface area contributed by atoms with E-state index in [1.54, 1.807) is 0 Å². The minimum Gasteiger partial charge on any atom is -0.378 e. The van der Waals surface area contributed by atoms with E-state index < -0.39 is 12.2 Å². The van der Waals surface area contributed by atoms with E-state index in [1.165, 1.54) is 15.5 Å². The van der Waals surface area contributed by atoms with Crippen LogP contribution in [0.25, 0.3) is 0 Å².